The minimum atomic E-state index is -0.766. The third-order valence-electron chi connectivity index (χ3n) is 5.05. The monoisotopic (exact) mass is 398 g/mol. The Morgan fingerprint density at radius 3 is 2.45 bits per heavy atom. The molecule has 2 aromatic rings. The van der Waals surface area contributed by atoms with E-state index in [-0.39, 0.29) is 25.2 Å². The van der Waals surface area contributed by atoms with Gasteiger partial charge in [-0.1, -0.05) is 42.0 Å². The predicted molar refractivity (Wildman–Crippen MR) is 112 cm³/mol. The van der Waals surface area contributed by atoms with Crippen molar-refractivity contribution < 1.29 is 19.4 Å². The van der Waals surface area contributed by atoms with E-state index < -0.39 is 6.10 Å². The van der Waals surface area contributed by atoms with Crippen molar-refractivity contribution in [3.63, 3.8) is 0 Å². The molecule has 0 heterocycles. The highest BCUT2D eigenvalue weighted by Crippen LogP contribution is 2.40. The van der Waals surface area contributed by atoms with Crippen molar-refractivity contribution >= 4 is 6.03 Å². The van der Waals surface area contributed by atoms with Crippen molar-refractivity contribution in [1.82, 2.24) is 10.6 Å². The number of carbonyl (C=O) groups excluding carboxylic acids is 1. The molecule has 2 unspecified atom stereocenters. The summed E-state index contributed by atoms with van der Waals surface area (Å²) in [5.41, 5.74) is 3.32. The molecular weight excluding hydrogens is 368 g/mol. The molecular formula is C23H30N2O4. The van der Waals surface area contributed by atoms with E-state index in [1.54, 1.807) is 7.11 Å². The third kappa shape index (κ3) is 6.76. The summed E-state index contributed by atoms with van der Waals surface area (Å²) in [6.07, 6.45) is 1.49. The standard InChI is InChI=1S/C23H30N2O4/c1-16-3-7-18(8-4-16)22(19-9-10-19)25-23(27)24-13-20(26)15-29-14-17-5-11-21(28-2)12-6-17/h3-8,11-12,19-20,22,26H,9-10,13-15H2,1-2H3,(H2,24,25,27). The Kier molecular flexibility index (Phi) is 7.49. The number of aryl methyl sites for hydroxylation is 1. The Labute approximate surface area is 172 Å². The molecule has 0 radical (unpaired) electrons. The van der Waals surface area contributed by atoms with Crippen LogP contribution in [0, 0.1) is 12.8 Å². The highest BCUT2D eigenvalue weighted by Gasteiger charge is 2.33. The van der Waals surface area contributed by atoms with Gasteiger partial charge in [-0.25, -0.2) is 4.79 Å². The Balaban J connectivity index is 1.38. The summed E-state index contributed by atoms with van der Waals surface area (Å²) < 4.78 is 10.7. The summed E-state index contributed by atoms with van der Waals surface area (Å²) in [5.74, 6) is 1.28. The van der Waals surface area contributed by atoms with Crippen LogP contribution in [0.5, 0.6) is 5.75 Å². The summed E-state index contributed by atoms with van der Waals surface area (Å²) in [5, 5.41) is 15.9. The second kappa shape index (κ2) is 10.3. The molecule has 6 heteroatoms. The number of carbonyl (C=O) groups is 1. The molecule has 0 aliphatic heterocycles. The zero-order valence-electron chi connectivity index (χ0n) is 17.1. The number of benzene rings is 2. The maximum atomic E-state index is 12.3. The van der Waals surface area contributed by atoms with Gasteiger partial charge in [-0.2, -0.15) is 0 Å². The van der Waals surface area contributed by atoms with Crippen LogP contribution in [0.15, 0.2) is 48.5 Å². The van der Waals surface area contributed by atoms with E-state index in [2.05, 4.69) is 34.9 Å². The van der Waals surface area contributed by atoms with Gasteiger partial charge in [0, 0.05) is 6.54 Å². The number of hydrogen-bond donors (Lipinski definition) is 3. The number of nitrogens with one attached hydrogen (secondary N) is 2. The lowest BCUT2D eigenvalue weighted by atomic mass is 10.0. The van der Waals surface area contributed by atoms with Crippen LogP contribution in [0.2, 0.25) is 0 Å². The highest BCUT2D eigenvalue weighted by molar-refractivity contribution is 5.74. The highest BCUT2D eigenvalue weighted by atomic mass is 16.5. The molecule has 6 nitrogen and oxygen atoms in total. The Hall–Kier alpha value is -2.57. The average molecular weight is 399 g/mol. The molecule has 1 aliphatic carbocycles. The summed E-state index contributed by atoms with van der Waals surface area (Å²) in [6.45, 7) is 2.73. The molecule has 0 bridgehead atoms. The maximum absolute atomic E-state index is 12.3. The van der Waals surface area contributed by atoms with Crippen LogP contribution < -0.4 is 15.4 Å². The number of ether oxygens (including phenoxy) is 2. The van der Waals surface area contributed by atoms with E-state index >= 15 is 0 Å². The topological polar surface area (TPSA) is 79.8 Å². The molecule has 2 atom stereocenters. The molecule has 0 spiro atoms. The molecule has 2 amide bonds. The summed E-state index contributed by atoms with van der Waals surface area (Å²) in [7, 11) is 1.62. The number of aliphatic hydroxyl groups excluding tert-OH is 1. The van der Waals surface area contributed by atoms with Gasteiger partial charge in [0.25, 0.3) is 0 Å². The number of methoxy groups -OCH3 is 1. The van der Waals surface area contributed by atoms with Crippen molar-refractivity contribution in [2.24, 2.45) is 5.92 Å². The number of rotatable bonds is 10. The fourth-order valence-electron chi connectivity index (χ4n) is 3.17. The van der Waals surface area contributed by atoms with Gasteiger partial charge in [-0.15, -0.1) is 0 Å². The van der Waals surface area contributed by atoms with Crippen molar-refractivity contribution in [1.29, 1.82) is 0 Å². The van der Waals surface area contributed by atoms with Crippen LogP contribution in [0.25, 0.3) is 0 Å². The largest absolute Gasteiger partial charge is 0.497 e. The molecule has 1 fully saturated rings. The first kappa shape index (κ1) is 21.1. The minimum absolute atomic E-state index is 0.0130. The van der Waals surface area contributed by atoms with Gasteiger partial charge < -0.3 is 25.2 Å². The second-order valence-corrected chi connectivity index (χ2v) is 7.60. The molecule has 3 rings (SSSR count). The lowest BCUT2D eigenvalue weighted by Crippen LogP contribution is -2.42. The first-order valence-corrected chi connectivity index (χ1v) is 10.0. The lowest BCUT2D eigenvalue weighted by molar-refractivity contribution is 0.0299. The van der Waals surface area contributed by atoms with Crippen molar-refractivity contribution in [3.8, 4) is 5.75 Å². The van der Waals surface area contributed by atoms with Crippen LogP contribution >= 0.6 is 0 Å². The molecule has 2 aromatic carbocycles. The van der Waals surface area contributed by atoms with E-state index in [9.17, 15) is 9.90 Å². The van der Waals surface area contributed by atoms with E-state index in [1.165, 1.54) is 5.56 Å². The van der Waals surface area contributed by atoms with Gasteiger partial charge in [-0.3, -0.25) is 0 Å². The first-order valence-electron chi connectivity index (χ1n) is 10.0. The smallest absolute Gasteiger partial charge is 0.315 e. The van der Waals surface area contributed by atoms with Crippen LogP contribution in [-0.2, 0) is 11.3 Å². The first-order chi connectivity index (χ1) is 14.0. The van der Waals surface area contributed by atoms with Crippen LogP contribution in [0.1, 0.15) is 35.6 Å². The quantitative estimate of drug-likeness (QED) is 0.574. The van der Waals surface area contributed by atoms with Gasteiger partial charge in [0.15, 0.2) is 0 Å². The van der Waals surface area contributed by atoms with Gasteiger partial charge in [0.1, 0.15) is 5.75 Å². The summed E-state index contributed by atoms with van der Waals surface area (Å²) in [6, 6.07) is 15.6. The average Bonchev–Trinajstić information content (AvgIpc) is 3.57. The summed E-state index contributed by atoms with van der Waals surface area (Å²) in [4.78, 5) is 12.3. The zero-order valence-corrected chi connectivity index (χ0v) is 17.1. The predicted octanol–water partition coefficient (Wildman–Crippen LogP) is 3.33. The van der Waals surface area contributed by atoms with Crippen molar-refractivity contribution in [2.45, 2.75) is 38.5 Å². The Morgan fingerprint density at radius 2 is 1.83 bits per heavy atom. The Morgan fingerprint density at radius 1 is 1.14 bits per heavy atom. The van der Waals surface area contributed by atoms with Crippen LogP contribution in [0.3, 0.4) is 0 Å². The molecule has 1 aliphatic rings. The van der Waals surface area contributed by atoms with Crippen molar-refractivity contribution in [2.75, 3.05) is 20.3 Å². The van der Waals surface area contributed by atoms with E-state index in [0.717, 1.165) is 29.7 Å². The number of urea groups is 1. The van der Waals surface area contributed by atoms with Crippen LogP contribution in [0.4, 0.5) is 4.79 Å². The molecule has 156 valence electrons. The second-order valence-electron chi connectivity index (χ2n) is 7.60. The number of amides is 2. The molecule has 1 saturated carbocycles. The zero-order chi connectivity index (χ0) is 20.6. The van der Waals surface area contributed by atoms with Crippen molar-refractivity contribution in [3.05, 3.63) is 65.2 Å². The van der Waals surface area contributed by atoms with Crippen LogP contribution in [-0.4, -0.2) is 37.5 Å². The van der Waals surface area contributed by atoms with Gasteiger partial charge in [0.2, 0.25) is 0 Å². The Bertz CT molecular complexity index is 772. The van der Waals surface area contributed by atoms with Gasteiger partial charge >= 0.3 is 6.03 Å². The summed E-state index contributed by atoms with van der Waals surface area (Å²) >= 11 is 0. The fraction of sp³-hybridized carbons (Fsp3) is 0.435. The number of hydrogen-bond acceptors (Lipinski definition) is 4. The maximum Gasteiger partial charge on any atom is 0.315 e. The molecule has 29 heavy (non-hydrogen) atoms. The van der Waals surface area contributed by atoms with E-state index in [0.29, 0.717) is 12.5 Å². The fourth-order valence-corrected chi connectivity index (χ4v) is 3.17. The lowest BCUT2D eigenvalue weighted by Gasteiger charge is -2.20. The van der Waals surface area contributed by atoms with Gasteiger partial charge in [-0.05, 0) is 48.9 Å². The minimum Gasteiger partial charge on any atom is -0.497 e. The van der Waals surface area contributed by atoms with E-state index in [1.807, 2.05) is 31.2 Å². The third-order valence-corrected chi connectivity index (χ3v) is 5.05. The van der Waals surface area contributed by atoms with Gasteiger partial charge in [0.05, 0.1) is 32.5 Å². The molecule has 0 saturated heterocycles. The molecule has 0 aromatic heterocycles. The number of aliphatic hydroxyl groups is 1. The SMILES string of the molecule is COc1ccc(COCC(O)CNC(=O)NC(c2ccc(C)cc2)C2CC2)cc1. The normalized spacial score (nSPS) is 15.4. The van der Waals surface area contributed by atoms with E-state index in [4.69, 9.17) is 9.47 Å². The molecule has 3 N–H and O–H groups in total.